The van der Waals surface area contributed by atoms with Crippen molar-refractivity contribution >= 4 is 34.8 Å². The predicted molar refractivity (Wildman–Crippen MR) is 100 cm³/mol. The minimum Gasteiger partial charge on any atom is -0.465 e. The van der Waals surface area contributed by atoms with Crippen LogP contribution in [0.3, 0.4) is 0 Å². The molecular weight excluding hydrogens is 368 g/mol. The second-order valence-corrected chi connectivity index (χ2v) is 7.33. The van der Waals surface area contributed by atoms with Crippen LogP contribution in [0.2, 0.25) is 0 Å². The van der Waals surface area contributed by atoms with Gasteiger partial charge in [0.2, 0.25) is 0 Å². The van der Waals surface area contributed by atoms with Crippen molar-refractivity contribution in [3.63, 3.8) is 0 Å². The predicted octanol–water partition coefficient (Wildman–Crippen LogP) is 1.89. The SMILES string of the molecule is COC(=O)c1ccc(NC(=O)C(=O)NCC(O)(c2cccs2)C2CC2)cc1. The number of methoxy groups -OCH3 is 1. The van der Waals surface area contributed by atoms with Crippen LogP contribution in [0.4, 0.5) is 5.69 Å². The number of ether oxygens (including phenoxy) is 1. The van der Waals surface area contributed by atoms with Crippen LogP contribution in [0.5, 0.6) is 0 Å². The summed E-state index contributed by atoms with van der Waals surface area (Å²) in [6.45, 7) is -0.0221. The summed E-state index contributed by atoms with van der Waals surface area (Å²) >= 11 is 1.43. The lowest BCUT2D eigenvalue weighted by atomic mass is 9.95. The van der Waals surface area contributed by atoms with Gasteiger partial charge in [-0.05, 0) is 54.5 Å². The first-order chi connectivity index (χ1) is 12.9. The van der Waals surface area contributed by atoms with Crippen LogP contribution in [0.25, 0.3) is 0 Å². The molecule has 142 valence electrons. The van der Waals surface area contributed by atoms with Crippen LogP contribution in [0, 0.1) is 5.92 Å². The molecule has 1 aromatic carbocycles. The third kappa shape index (κ3) is 4.35. The summed E-state index contributed by atoms with van der Waals surface area (Å²) in [6, 6.07) is 9.66. The molecule has 2 aromatic rings. The number of esters is 1. The quantitative estimate of drug-likeness (QED) is 0.518. The highest BCUT2D eigenvalue weighted by molar-refractivity contribution is 7.10. The van der Waals surface area contributed by atoms with E-state index >= 15 is 0 Å². The lowest BCUT2D eigenvalue weighted by Gasteiger charge is -2.27. The summed E-state index contributed by atoms with van der Waals surface area (Å²) in [7, 11) is 1.28. The molecule has 2 amide bonds. The molecule has 1 atom stereocenters. The first-order valence-corrected chi connectivity index (χ1v) is 9.36. The van der Waals surface area contributed by atoms with E-state index in [1.165, 1.54) is 42.7 Å². The lowest BCUT2D eigenvalue weighted by molar-refractivity contribution is -0.137. The molecule has 3 rings (SSSR count). The van der Waals surface area contributed by atoms with Gasteiger partial charge in [-0.1, -0.05) is 6.07 Å². The molecule has 1 unspecified atom stereocenters. The van der Waals surface area contributed by atoms with Crippen molar-refractivity contribution in [1.29, 1.82) is 0 Å². The van der Waals surface area contributed by atoms with E-state index in [1.807, 2.05) is 17.5 Å². The van der Waals surface area contributed by atoms with E-state index in [1.54, 1.807) is 0 Å². The number of hydrogen-bond donors (Lipinski definition) is 3. The number of thiophene rings is 1. The fraction of sp³-hybridized carbons (Fsp3) is 0.316. The van der Waals surface area contributed by atoms with E-state index in [0.717, 1.165) is 17.7 Å². The van der Waals surface area contributed by atoms with Gasteiger partial charge in [0.1, 0.15) is 5.60 Å². The monoisotopic (exact) mass is 388 g/mol. The normalized spacial score (nSPS) is 15.5. The molecule has 1 aliphatic carbocycles. The Hall–Kier alpha value is -2.71. The van der Waals surface area contributed by atoms with Crippen molar-refractivity contribution in [3.05, 3.63) is 52.2 Å². The van der Waals surface area contributed by atoms with Crippen molar-refractivity contribution in [3.8, 4) is 0 Å². The Morgan fingerprint density at radius 1 is 1.19 bits per heavy atom. The van der Waals surface area contributed by atoms with Gasteiger partial charge in [-0.3, -0.25) is 9.59 Å². The molecule has 0 bridgehead atoms. The Labute approximate surface area is 160 Å². The van der Waals surface area contributed by atoms with Gasteiger partial charge in [-0.15, -0.1) is 11.3 Å². The van der Waals surface area contributed by atoms with Gasteiger partial charge in [-0.2, -0.15) is 0 Å². The molecule has 0 radical (unpaired) electrons. The molecule has 0 saturated heterocycles. The van der Waals surface area contributed by atoms with Gasteiger partial charge < -0.3 is 20.5 Å². The number of rotatable bonds is 6. The van der Waals surface area contributed by atoms with E-state index in [9.17, 15) is 19.5 Å². The van der Waals surface area contributed by atoms with Gasteiger partial charge in [0.15, 0.2) is 0 Å². The highest BCUT2D eigenvalue weighted by Crippen LogP contribution is 2.46. The maximum absolute atomic E-state index is 12.1. The first kappa shape index (κ1) is 19.1. The minimum absolute atomic E-state index is 0.0221. The van der Waals surface area contributed by atoms with E-state index in [4.69, 9.17) is 0 Å². The molecule has 1 heterocycles. The second kappa shape index (κ2) is 7.89. The van der Waals surface area contributed by atoms with Crippen LogP contribution in [0.15, 0.2) is 41.8 Å². The van der Waals surface area contributed by atoms with Crippen LogP contribution in [-0.2, 0) is 19.9 Å². The molecule has 8 heteroatoms. The minimum atomic E-state index is -1.15. The number of benzene rings is 1. The Balaban J connectivity index is 1.57. The molecule has 0 spiro atoms. The standard InChI is InChI=1S/C19H20N2O5S/c1-26-18(24)12-4-8-14(9-5-12)21-17(23)16(22)20-11-19(25,13-6-7-13)15-3-2-10-27-15/h2-5,8-10,13,25H,6-7,11H2,1H3,(H,20,22)(H,21,23). The summed E-state index contributed by atoms with van der Waals surface area (Å²) in [6.07, 6.45) is 1.78. The zero-order chi connectivity index (χ0) is 19.4. The largest absolute Gasteiger partial charge is 0.465 e. The van der Waals surface area contributed by atoms with Crippen LogP contribution >= 0.6 is 11.3 Å². The third-order valence-electron chi connectivity index (χ3n) is 4.49. The molecule has 27 heavy (non-hydrogen) atoms. The maximum atomic E-state index is 12.1. The summed E-state index contributed by atoms with van der Waals surface area (Å²) in [5, 5.41) is 17.8. The average Bonchev–Trinajstić information content (AvgIpc) is 3.40. The first-order valence-electron chi connectivity index (χ1n) is 8.48. The summed E-state index contributed by atoms with van der Waals surface area (Å²) < 4.78 is 4.60. The van der Waals surface area contributed by atoms with E-state index < -0.39 is 23.4 Å². The van der Waals surface area contributed by atoms with Gasteiger partial charge in [0.05, 0.1) is 19.2 Å². The van der Waals surface area contributed by atoms with Crippen molar-refractivity contribution in [2.75, 3.05) is 19.0 Å². The molecule has 7 nitrogen and oxygen atoms in total. The molecule has 1 fully saturated rings. The maximum Gasteiger partial charge on any atom is 0.337 e. The molecule has 1 aromatic heterocycles. The number of hydrogen-bond acceptors (Lipinski definition) is 6. The molecule has 3 N–H and O–H groups in total. The third-order valence-corrected chi connectivity index (χ3v) is 5.53. The van der Waals surface area contributed by atoms with Crippen molar-refractivity contribution in [2.24, 2.45) is 5.92 Å². The highest BCUT2D eigenvalue weighted by atomic mass is 32.1. The zero-order valence-electron chi connectivity index (χ0n) is 14.7. The Morgan fingerprint density at radius 3 is 2.44 bits per heavy atom. The van der Waals surface area contributed by atoms with Crippen LogP contribution in [-0.4, -0.2) is 36.5 Å². The van der Waals surface area contributed by atoms with Crippen LogP contribution in [0.1, 0.15) is 28.1 Å². The molecule has 1 aliphatic rings. The van der Waals surface area contributed by atoms with E-state index in [2.05, 4.69) is 15.4 Å². The Bertz CT molecular complexity index is 830. The highest BCUT2D eigenvalue weighted by Gasteiger charge is 2.46. The number of carbonyl (C=O) groups is 3. The topological polar surface area (TPSA) is 105 Å². The van der Waals surface area contributed by atoms with Crippen molar-refractivity contribution in [1.82, 2.24) is 5.32 Å². The van der Waals surface area contributed by atoms with Crippen molar-refractivity contribution < 1.29 is 24.2 Å². The number of amides is 2. The van der Waals surface area contributed by atoms with Crippen molar-refractivity contribution in [2.45, 2.75) is 18.4 Å². The Morgan fingerprint density at radius 2 is 1.89 bits per heavy atom. The molecular formula is C19H20N2O5S. The lowest BCUT2D eigenvalue weighted by Crippen LogP contribution is -2.45. The summed E-state index contributed by atoms with van der Waals surface area (Å²) in [5.74, 6) is -2.07. The van der Waals surface area contributed by atoms with E-state index in [-0.39, 0.29) is 12.5 Å². The second-order valence-electron chi connectivity index (χ2n) is 6.38. The summed E-state index contributed by atoms with van der Waals surface area (Å²) in [4.78, 5) is 36.4. The number of aliphatic hydroxyl groups is 1. The fourth-order valence-corrected chi connectivity index (χ4v) is 3.71. The molecule has 0 aliphatic heterocycles. The van der Waals surface area contributed by atoms with Gasteiger partial charge >= 0.3 is 17.8 Å². The number of nitrogens with one attached hydrogen (secondary N) is 2. The molecule has 1 saturated carbocycles. The summed E-state index contributed by atoms with van der Waals surface area (Å²) in [5.41, 5.74) is -0.435. The zero-order valence-corrected chi connectivity index (χ0v) is 15.5. The van der Waals surface area contributed by atoms with Crippen LogP contribution < -0.4 is 10.6 Å². The van der Waals surface area contributed by atoms with E-state index in [0.29, 0.717) is 11.3 Å². The smallest absolute Gasteiger partial charge is 0.337 e. The van der Waals surface area contributed by atoms with Gasteiger partial charge in [0.25, 0.3) is 0 Å². The Kier molecular flexibility index (Phi) is 5.57. The number of carbonyl (C=O) groups excluding carboxylic acids is 3. The fourth-order valence-electron chi connectivity index (χ4n) is 2.81. The number of anilines is 1. The average molecular weight is 388 g/mol. The van der Waals surface area contributed by atoms with Gasteiger partial charge in [-0.25, -0.2) is 4.79 Å². The van der Waals surface area contributed by atoms with Gasteiger partial charge in [0, 0.05) is 10.6 Å².